The smallest absolute Gasteiger partial charge is 0.332 e. The van der Waals surface area contributed by atoms with Gasteiger partial charge in [0, 0.05) is 18.3 Å². The van der Waals surface area contributed by atoms with E-state index in [0.717, 1.165) is 0 Å². The first-order valence-electron chi connectivity index (χ1n) is 3.78. The number of carboxylic acid groups (broad SMARTS) is 1. The quantitative estimate of drug-likeness (QED) is 0.472. The van der Waals surface area contributed by atoms with E-state index in [-0.39, 0.29) is 6.42 Å². The number of carboxylic acids is 1. The monoisotopic (exact) mass is 187 g/mol. The first-order chi connectivity index (χ1) is 6.06. The summed E-state index contributed by atoms with van der Waals surface area (Å²) in [7, 11) is 1.28. The lowest BCUT2D eigenvalue weighted by Gasteiger charge is -2.03. The van der Waals surface area contributed by atoms with Gasteiger partial charge < -0.3 is 15.2 Å². The molecule has 0 aliphatic carbocycles. The lowest BCUT2D eigenvalue weighted by Crippen LogP contribution is -2.17. The fourth-order valence-corrected chi connectivity index (χ4v) is 0.653. The zero-order valence-electron chi connectivity index (χ0n) is 7.66. The van der Waals surface area contributed by atoms with Gasteiger partial charge in [-0.05, 0) is 6.92 Å². The molecular formula is C8H13NO4. The van der Waals surface area contributed by atoms with Crippen LogP contribution >= 0.6 is 0 Å². The number of esters is 1. The Morgan fingerprint density at radius 1 is 1.54 bits per heavy atom. The molecule has 0 aliphatic heterocycles. The van der Waals surface area contributed by atoms with Crippen molar-refractivity contribution < 1.29 is 19.4 Å². The zero-order chi connectivity index (χ0) is 10.3. The summed E-state index contributed by atoms with van der Waals surface area (Å²) in [6.45, 7) is 1.97. The van der Waals surface area contributed by atoms with Gasteiger partial charge in [-0.15, -0.1) is 0 Å². The van der Waals surface area contributed by atoms with Crippen molar-refractivity contribution in [3.05, 3.63) is 11.8 Å². The van der Waals surface area contributed by atoms with Crippen LogP contribution < -0.4 is 5.32 Å². The molecule has 0 bridgehead atoms. The first kappa shape index (κ1) is 11.5. The lowest BCUT2D eigenvalue weighted by atomic mass is 10.4. The van der Waals surface area contributed by atoms with Crippen LogP contribution in [0.25, 0.3) is 0 Å². The summed E-state index contributed by atoms with van der Waals surface area (Å²) in [6.07, 6.45) is 1.29. The molecule has 0 rings (SSSR count). The van der Waals surface area contributed by atoms with Gasteiger partial charge >= 0.3 is 11.9 Å². The van der Waals surface area contributed by atoms with E-state index in [4.69, 9.17) is 5.11 Å². The van der Waals surface area contributed by atoms with Gasteiger partial charge in [0.25, 0.3) is 0 Å². The number of hydrogen-bond acceptors (Lipinski definition) is 4. The third-order valence-corrected chi connectivity index (χ3v) is 1.28. The van der Waals surface area contributed by atoms with Gasteiger partial charge in [-0.25, -0.2) is 4.79 Å². The number of aliphatic carboxylic acids is 1. The number of carbonyl (C=O) groups is 2. The van der Waals surface area contributed by atoms with Gasteiger partial charge in [-0.2, -0.15) is 0 Å². The predicted molar refractivity (Wildman–Crippen MR) is 46.0 cm³/mol. The third kappa shape index (κ3) is 6.86. The van der Waals surface area contributed by atoms with Crippen LogP contribution in [-0.2, 0) is 14.3 Å². The molecule has 0 aromatic rings. The summed E-state index contributed by atoms with van der Waals surface area (Å²) in [6, 6.07) is 0. The number of carbonyl (C=O) groups excluding carboxylic acids is 1. The average molecular weight is 187 g/mol. The number of rotatable bonds is 5. The molecule has 0 radical (unpaired) electrons. The highest BCUT2D eigenvalue weighted by molar-refractivity contribution is 5.82. The second-order valence-electron chi connectivity index (χ2n) is 2.42. The van der Waals surface area contributed by atoms with Crippen molar-refractivity contribution in [1.29, 1.82) is 0 Å². The third-order valence-electron chi connectivity index (χ3n) is 1.28. The molecule has 0 aliphatic rings. The highest BCUT2D eigenvalue weighted by Crippen LogP contribution is 1.88. The fourth-order valence-electron chi connectivity index (χ4n) is 0.653. The standard InChI is InChI=1S/C8H13NO4/c1-6(5-8(12)13-2)9-4-3-7(10)11/h5,9H,3-4H2,1-2H3,(H,10,11)/b6-5-. The number of nitrogens with one attached hydrogen (secondary N) is 1. The lowest BCUT2D eigenvalue weighted by molar-refractivity contribution is -0.137. The van der Waals surface area contributed by atoms with Gasteiger partial charge in [0.2, 0.25) is 0 Å². The van der Waals surface area contributed by atoms with E-state index in [1.54, 1.807) is 6.92 Å². The van der Waals surface area contributed by atoms with Crippen LogP contribution in [0.2, 0.25) is 0 Å². The molecule has 2 N–H and O–H groups in total. The van der Waals surface area contributed by atoms with E-state index in [9.17, 15) is 9.59 Å². The molecule has 0 saturated carbocycles. The maximum Gasteiger partial charge on any atom is 0.332 e. The highest BCUT2D eigenvalue weighted by atomic mass is 16.5. The number of allylic oxidation sites excluding steroid dienone is 1. The predicted octanol–water partition coefficient (Wildman–Crippen LogP) is 0.127. The van der Waals surface area contributed by atoms with Crippen molar-refractivity contribution >= 4 is 11.9 Å². The van der Waals surface area contributed by atoms with Crippen molar-refractivity contribution in [1.82, 2.24) is 5.32 Å². The minimum absolute atomic E-state index is 0.0202. The number of methoxy groups -OCH3 is 1. The minimum Gasteiger partial charge on any atom is -0.481 e. The van der Waals surface area contributed by atoms with E-state index in [2.05, 4.69) is 10.1 Å². The Hall–Kier alpha value is -1.52. The second kappa shape index (κ2) is 6.05. The molecule has 5 heteroatoms. The Morgan fingerprint density at radius 3 is 2.62 bits per heavy atom. The van der Waals surface area contributed by atoms with Crippen LogP contribution in [0.3, 0.4) is 0 Å². The zero-order valence-corrected chi connectivity index (χ0v) is 7.66. The summed E-state index contributed by atoms with van der Waals surface area (Å²) < 4.78 is 4.38. The molecule has 0 spiro atoms. The molecule has 13 heavy (non-hydrogen) atoms. The van der Waals surface area contributed by atoms with E-state index in [0.29, 0.717) is 12.2 Å². The summed E-state index contributed by atoms with van der Waals surface area (Å²) in [4.78, 5) is 20.8. The van der Waals surface area contributed by atoms with Crippen LogP contribution in [0.5, 0.6) is 0 Å². The first-order valence-corrected chi connectivity index (χ1v) is 3.78. The van der Waals surface area contributed by atoms with Gasteiger partial charge in [-0.1, -0.05) is 0 Å². The minimum atomic E-state index is -0.877. The fraction of sp³-hybridized carbons (Fsp3) is 0.500. The Kier molecular flexibility index (Phi) is 5.34. The molecular weight excluding hydrogens is 174 g/mol. The van der Waals surface area contributed by atoms with Crippen LogP contribution in [-0.4, -0.2) is 30.7 Å². The van der Waals surface area contributed by atoms with Gasteiger partial charge in [0.05, 0.1) is 13.5 Å². The van der Waals surface area contributed by atoms with Crippen molar-refractivity contribution in [2.75, 3.05) is 13.7 Å². The van der Waals surface area contributed by atoms with Crippen LogP contribution in [0.4, 0.5) is 0 Å². The molecule has 74 valence electrons. The molecule has 0 heterocycles. The van der Waals surface area contributed by atoms with Crippen molar-refractivity contribution in [3.63, 3.8) is 0 Å². The van der Waals surface area contributed by atoms with Crippen molar-refractivity contribution in [2.45, 2.75) is 13.3 Å². The summed E-state index contributed by atoms with van der Waals surface area (Å²) in [5, 5.41) is 11.1. The van der Waals surface area contributed by atoms with Crippen LogP contribution in [0, 0.1) is 0 Å². The van der Waals surface area contributed by atoms with E-state index >= 15 is 0 Å². The number of ether oxygens (including phenoxy) is 1. The molecule has 0 fully saturated rings. The molecule has 0 unspecified atom stereocenters. The van der Waals surface area contributed by atoms with Crippen molar-refractivity contribution in [3.8, 4) is 0 Å². The molecule has 0 atom stereocenters. The molecule has 0 amide bonds. The van der Waals surface area contributed by atoms with Gasteiger partial charge in [0.1, 0.15) is 0 Å². The van der Waals surface area contributed by atoms with Crippen LogP contribution in [0.15, 0.2) is 11.8 Å². The van der Waals surface area contributed by atoms with Gasteiger partial charge in [-0.3, -0.25) is 4.79 Å². The number of hydrogen-bond donors (Lipinski definition) is 2. The van der Waals surface area contributed by atoms with E-state index in [1.807, 2.05) is 0 Å². The Balaban J connectivity index is 3.73. The summed E-state index contributed by atoms with van der Waals surface area (Å²) in [5.74, 6) is -1.33. The Bertz CT molecular complexity index is 222. The highest BCUT2D eigenvalue weighted by Gasteiger charge is 1.98. The van der Waals surface area contributed by atoms with Crippen molar-refractivity contribution in [2.24, 2.45) is 0 Å². The average Bonchev–Trinajstić information content (AvgIpc) is 2.03. The maximum absolute atomic E-state index is 10.7. The van der Waals surface area contributed by atoms with E-state index < -0.39 is 11.9 Å². The molecule has 0 saturated heterocycles. The second-order valence-corrected chi connectivity index (χ2v) is 2.42. The van der Waals surface area contributed by atoms with Crippen LogP contribution in [0.1, 0.15) is 13.3 Å². The topological polar surface area (TPSA) is 75.6 Å². The molecule has 5 nitrogen and oxygen atoms in total. The molecule has 0 aromatic heterocycles. The van der Waals surface area contributed by atoms with Gasteiger partial charge in [0.15, 0.2) is 0 Å². The molecule has 0 aromatic carbocycles. The summed E-state index contributed by atoms with van der Waals surface area (Å²) in [5.41, 5.74) is 0.591. The van der Waals surface area contributed by atoms with E-state index in [1.165, 1.54) is 13.2 Å². The Morgan fingerprint density at radius 2 is 2.15 bits per heavy atom. The SMILES string of the molecule is COC(=O)/C=C(/C)NCCC(=O)O. The Labute approximate surface area is 76.4 Å². The normalized spacial score (nSPS) is 10.8. The largest absolute Gasteiger partial charge is 0.481 e. The summed E-state index contributed by atoms with van der Waals surface area (Å²) >= 11 is 0. The maximum atomic E-state index is 10.7.